The summed E-state index contributed by atoms with van der Waals surface area (Å²) in [5, 5.41) is 21.1. The number of phosphoric acid groups is 2. The maximum absolute atomic E-state index is 13.3. The SMILES string of the molecule is CCCCCCCCCCCCC(=O)OC(CCCCCCC)CCOCC(COP(=O)([O-])OCCNC(=O)NCCOP(=O)([O-])OCC(COCCC(CCCCCCC)OC(=O)CCCCCCCCCCC)NC(=O)CC(=O)CCCCCCCCCCC)NC(=O)CC(O)CCCCCCCCCCCC.[Na+].[Na+]. The first-order chi connectivity index (χ1) is 53.3. The summed E-state index contributed by atoms with van der Waals surface area (Å²) in [6.07, 6.45) is 54.5. The van der Waals surface area contributed by atoms with Gasteiger partial charge < -0.3 is 73.2 Å². The third-order valence-corrected chi connectivity index (χ3v) is 21.9. The number of carbonyl (C=O) groups is 6. The molecule has 0 aromatic heterocycles. The first kappa shape index (κ1) is 115. The Morgan fingerprint density at radius 1 is 0.339 bits per heavy atom. The fourth-order valence-electron chi connectivity index (χ4n) is 13.2. The van der Waals surface area contributed by atoms with Crippen molar-refractivity contribution in [3.8, 4) is 0 Å². The van der Waals surface area contributed by atoms with Gasteiger partial charge >= 0.3 is 77.1 Å². The van der Waals surface area contributed by atoms with Crippen molar-refractivity contribution in [2.45, 2.75) is 444 Å². The van der Waals surface area contributed by atoms with Crippen molar-refractivity contribution in [2.75, 3.05) is 65.9 Å². The number of carbonyl (C=O) groups excluding carboxylic acids is 6. The van der Waals surface area contributed by atoms with Gasteiger partial charge in [-0.1, -0.05) is 318 Å². The van der Waals surface area contributed by atoms with E-state index in [1.54, 1.807) is 0 Å². The molecule has 0 bridgehead atoms. The average molecular weight is 1650 g/mol. The average Bonchev–Trinajstić information content (AvgIpc) is 0.908. The summed E-state index contributed by atoms with van der Waals surface area (Å²) in [4.78, 5) is 105. The molecule has 0 aliphatic carbocycles. The number of urea groups is 1. The van der Waals surface area contributed by atoms with Crippen LogP contribution in [0.4, 0.5) is 4.79 Å². The molecule has 0 fully saturated rings. The van der Waals surface area contributed by atoms with Crippen LogP contribution in [0.3, 0.4) is 0 Å². The quantitative estimate of drug-likeness (QED) is 0.0124. The molecular formula is C85H164N4Na2O19P2. The molecule has 23 nitrogen and oxygen atoms in total. The standard InChI is InChI=1S/C85H166N4O19P2.2Na/c1-7-13-19-25-29-33-37-40-46-50-56-78(91)70-82(93)89-76(72-102-66-62-80(58-52-44-24-18-12-6)108-84(95)60-54-48-42-38-34-30-26-20-14-8-2)74-106-110(99,100)104-68-64-87-85(96)86-63-67-103-109(97,98)105-73-75(88-81(92)69-77(90)55-49-45-39-35-31-27-21-15-9-3)71-101-65-61-79(57-51-43-23-17-11-5)107-83(94)59-53-47-41-36-32-28-22-16-10-4;;/h75-76,78-80,91H,7-74H2,1-6H3,(H,88,92)(H,89,93)(H,97,98)(H,99,100)(H2,86,87,96);;/q;2*+1/p-2. The van der Waals surface area contributed by atoms with E-state index in [0.717, 1.165) is 148 Å². The number of hydrogen-bond donors (Lipinski definition) is 5. The molecule has 27 heteroatoms. The molecule has 0 heterocycles. The monoisotopic (exact) mass is 1650 g/mol. The van der Waals surface area contributed by atoms with Gasteiger partial charge in [0.25, 0.3) is 15.6 Å². The Balaban J connectivity index is -0.0000594. The minimum absolute atomic E-state index is 0. The van der Waals surface area contributed by atoms with Gasteiger partial charge in [-0.25, -0.2) is 4.79 Å². The minimum atomic E-state index is -5.05. The van der Waals surface area contributed by atoms with Crippen LogP contribution in [0.1, 0.15) is 414 Å². The van der Waals surface area contributed by atoms with E-state index in [9.17, 15) is 52.8 Å². The predicted octanol–water partition coefficient (Wildman–Crippen LogP) is 13.8. The van der Waals surface area contributed by atoms with Crippen molar-refractivity contribution in [3.63, 3.8) is 0 Å². The van der Waals surface area contributed by atoms with Crippen LogP contribution in [-0.4, -0.2) is 137 Å². The van der Waals surface area contributed by atoms with Crippen LogP contribution in [0.2, 0.25) is 0 Å². The Morgan fingerprint density at radius 2 is 0.625 bits per heavy atom. The molecule has 0 rings (SSSR count). The number of phosphoric ester groups is 2. The van der Waals surface area contributed by atoms with Crippen LogP contribution in [0.15, 0.2) is 0 Å². The number of unbranched alkanes of at least 4 members (excludes halogenated alkanes) is 42. The van der Waals surface area contributed by atoms with Crippen molar-refractivity contribution >= 4 is 51.2 Å². The second-order valence-electron chi connectivity index (χ2n) is 30.9. The van der Waals surface area contributed by atoms with Crippen LogP contribution in [-0.2, 0) is 70.1 Å². The summed E-state index contributed by atoms with van der Waals surface area (Å²) in [6, 6.07) is -2.81. The largest absolute Gasteiger partial charge is 1.00 e. The van der Waals surface area contributed by atoms with Gasteiger partial charge in [0.1, 0.15) is 18.0 Å². The molecule has 0 aromatic carbocycles. The maximum Gasteiger partial charge on any atom is 1.00 e. The van der Waals surface area contributed by atoms with Crippen molar-refractivity contribution in [1.82, 2.24) is 21.3 Å². The van der Waals surface area contributed by atoms with Gasteiger partial charge in [-0.2, -0.15) is 0 Å². The van der Waals surface area contributed by atoms with Crippen LogP contribution in [0, 0.1) is 0 Å². The first-order valence-corrected chi connectivity index (χ1v) is 47.8. The molecule has 0 aromatic rings. The van der Waals surface area contributed by atoms with Crippen LogP contribution < -0.4 is 90.2 Å². The topological polar surface area (TPSA) is 325 Å². The number of hydrogen-bond acceptors (Lipinski definition) is 19. The molecule has 0 saturated heterocycles. The Kier molecular flexibility index (Phi) is 87.2. The Hall–Kier alpha value is -1.08. The normalized spacial score (nSPS) is 13.8. The molecule has 0 aliphatic heterocycles. The summed E-state index contributed by atoms with van der Waals surface area (Å²) < 4.78 is 70.7. The van der Waals surface area contributed by atoms with Crippen LogP contribution >= 0.6 is 15.6 Å². The summed E-state index contributed by atoms with van der Waals surface area (Å²) in [5.41, 5.74) is 0. The van der Waals surface area contributed by atoms with Gasteiger partial charge in [0.05, 0.1) is 83.9 Å². The summed E-state index contributed by atoms with van der Waals surface area (Å²) in [5.74, 6) is -1.83. The molecule has 0 radical (unpaired) electrons. The molecule has 4 amide bonds. The van der Waals surface area contributed by atoms with Crippen LogP contribution in [0.25, 0.3) is 0 Å². The van der Waals surface area contributed by atoms with E-state index in [1.807, 2.05) is 0 Å². The number of esters is 2. The second kappa shape index (κ2) is 84.9. The summed E-state index contributed by atoms with van der Waals surface area (Å²) >= 11 is 0. The summed E-state index contributed by atoms with van der Waals surface area (Å²) in [6.45, 7) is 10.2. The third kappa shape index (κ3) is 81.3. The number of ketones is 1. The molecule has 112 heavy (non-hydrogen) atoms. The van der Waals surface area contributed by atoms with E-state index >= 15 is 0 Å². The van der Waals surface area contributed by atoms with Crippen LogP contribution in [0.5, 0.6) is 0 Å². The fourth-order valence-corrected chi connectivity index (χ4v) is 14.7. The van der Waals surface area contributed by atoms with E-state index in [4.69, 9.17) is 37.0 Å². The molecule has 7 atom stereocenters. The molecule has 5 N–H and O–H groups in total. The Bertz CT molecular complexity index is 2270. The number of ether oxygens (including phenoxy) is 4. The fraction of sp³-hybridized carbons (Fsp3) is 0.929. The van der Waals surface area contributed by atoms with Gasteiger partial charge in [-0.15, -0.1) is 0 Å². The first-order valence-electron chi connectivity index (χ1n) is 44.9. The Labute approximate surface area is 726 Å². The Morgan fingerprint density at radius 3 is 0.955 bits per heavy atom. The number of aliphatic hydroxyl groups excluding tert-OH is 1. The predicted molar refractivity (Wildman–Crippen MR) is 439 cm³/mol. The smallest absolute Gasteiger partial charge is 0.756 e. The molecule has 0 saturated carbocycles. The van der Waals surface area contributed by atoms with E-state index in [2.05, 4.69) is 62.8 Å². The van der Waals surface area contributed by atoms with Gasteiger partial charge in [0.2, 0.25) is 11.8 Å². The van der Waals surface area contributed by atoms with E-state index in [0.29, 0.717) is 51.4 Å². The number of aliphatic hydroxyl groups is 1. The summed E-state index contributed by atoms with van der Waals surface area (Å²) in [7, 11) is -10.1. The van der Waals surface area contributed by atoms with Crippen molar-refractivity contribution in [2.24, 2.45) is 0 Å². The van der Waals surface area contributed by atoms with Gasteiger partial charge in [0.15, 0.2) is 0 Å². The van der Waals surface area contributed by atoms with Crippen molar-refractivity contribution in [3.05, 3.63) is 0 Å². The van der Waals surface area contributed by atoms with E-state index in [1.165, 1.54) is 154 Å². The number of Topliss-reactive ketones (excluding diaryl/α,β-unsaturated/α-hetero) is 1. The molecular weight excluding hydrogens is 1490 g/mol. The molecule has 0 aliphatic rings. The van der Waals surface area contributed by atoms with E-state index in [-0.39, 0.29) is 141 Å². The number of nitrogens with one attached hydrogen (secondary N) is 4. The number of amides is 4. The molecule has 0 spiro atoms. The van der Waals surface area contributed by atoms with Gasteiger partial charge in [-0.3, -0.25) is 33.1 Å². The minimum Gasteiger partial charge on any atom is -0.756 e. The zero-order valence-corrected chi connectivity index (χ0v) is 78.4. The second-order valence-corrected chi connectivity index (χ2v) is 33.7. The number of rotatable bonds is 86. The zero-order chi connectivity index (χ0) is 80.9. The molecule has 650 valence electrons. The maximum atomic E-state index is 13.3. The molecule has 7 unspecified atom stereocenters. The van der Waals surface area contributed by atoms with Gasteiger partial charge in [0, 0.05) is 45.2 Å². The zero-order valence-electron chi connectivity index (χ0n) is 72.7. The van der Waals surface area contributed by atoms with E-state index < -0.39 is 84.5 Å². The van der Waals surface area contributed by atoms with Crippen molar-refractivity contribution < 1.29 is 149 Å². The van der Waals surface area contributed by atoms with Gasteiger partial charge in [-0.05, 0) is 51.4 Å². The third-order valence-electron chi connectivity index (χ3n) is 20.0. The van der Waals surface area contributed by atoms with Crippen molar-refractivity contribution in [1.29, 1.82) is 0 Å².